The molecule has 4 heteroatoms. The molecule has 1 aromatic rings. The lowest BCUT2D eigenvalue weighted by molar-refractivity contribution is 0.156. The van der Waals surface area contributed by atoms with Crippen molar-refractivity contribution in [3.63, 3.8) is 0 Å². The first-order valence-corrected chi connectivity index (χ1v) is 9.98. The van der Waals surface area contributed by atoms with Crippen molar-refractivity contribution >= 4 is 0 Å². The first kappa shape index (κ1) is 20.2. The summed E-state index contributed by atoms with van der Waals surface area (Å²) in [6.45, 7) is 8.81. The van der Waals surface area contributed by atoms with Crippen molar-refractivity contribution in [2.75, 3.05) is 32.8 Å². The fraction of sp³-hybridized carbons (Fsp3) is 0.714. The predicted molar refractivity (Wildman–Crippen MR) is 104 cm³/mol. The van der Waals surface area contributed by atoms with Gasteiger partial charge in [-0.15, -0.1) is 0 Å². The van der Waals surface area contributed by atoms with E-state index in [0.717, 1.165) is 51.1 Å². The van der Waals surface area contributed by atoms with Crippen molar-refractivity contribution in [3.05, 3.63) is 29.8 Å². The van der Waals surface area contributed by atoms with Crippen LogP contribution in [0, 0.1) is 0 Å². The number of nitrogens with zero attached hydrogens (tertiary/aromatic N) is 1. The highest BCUT2D eigenvalue weighted by molar-refractivity contribution is 5.28. The smallest absolute Gasteiger partial charge is 0.119 e. The van der Waals surface area contributed by atoms with Gasteiger partial charge in [-0.1, -0.05) is 32.4 Å². The Morgan fingerprint density at radius 2 is 2.16 bits per heavy atom. The van der Waals surface area contributed by atoms with Crippen LogP contribution in [0.4, 0.5) is 0 Å². The van der Waals surface area contributed by atoms with Crippen LogP contribution in [0.2, 0.25) is 0 Å². The van der Waals surface area contributed by atoms with E-state index >= 15 is 0 Å². The minimum atomic E-state index is 0.299. The Morgan fingerprint density at radius 1 is 1.28 bits per heavy atom. The molecule has 0 spiro atoms. The van der Waals surface area contributed by atoms with Gasteiger partial charge in [-0.25, -0.2) is 0 Å². The van der Waals surface area contributed by atoms with E-state index in [1.54, 1.807) is 0 Å². The molecule has 2 rings (SSSR count). The molecular weight excluding hydrogens is 312 g/mol. The largest absolute Gasteiger partial charge is 0.492 e. The second-order valence-electron chi connectivity index (χ2n) is 7.49. The molecule has 0 aromatic heterocycles. The summed E-state index contributed by atoms with van der Waals surface area (Å²) in [7, 11) is 0. The van der Waals surface area contributed by atoms with E-state index in [4.69, 9.17) is 9.84 Å². The van der Waals surface area contributed by atoms with Gasteiger partial charge in [-0.2, -0.15) is 0 Å². The Hall–Kier alpha value is -1.10. The topological polar surface area (TPSA) is 44.7 Å². The van der Waals surface area contributed by atoms with E-state index in [1.807, 2.05) is 0 Å². The standard InChI is InChI=1S/C21H36N2O2/c1-18(2)22-20-10-7-12-23(17-20)13-15-25-21-11-6-9-19(16-21)8-4-3-5-14-24/h6,9,11,16,18,20,22,24H,3-5,7-8,10,12-15,17H2,1-2H3. The number of aliphatic hydroxyl groups excluding tert-OH is 1. The molecule has 1 heterocycles. The molecule has 1 aliphatic heterocycles. The van der Waals surface area contributed by atoms with Crippen molar-refractivity contribution in [2.45, 2.75) is 64.5 Å². The highest BCUT2D eigenvalue weighted by Gasteiger charge is 2.19. The zero-order valence-electron chi connectivity index (χ0n) is 16.0. The molecule has 1 aromatic carbocycles. The number of piperidine rings is 1. The minimum Gasteiger partial charge on any atom is -0.492 e. The SMILES string of the molecule is CC(C)NC1CCCN(CCOc2cccc(CCCCCO)c2)C1. The molecule has 4 nitrogen and oxygen atoms in total. The molecule has 25 heavy (non-hydrogen) atoms. The summed E-state index contributed by atoms with van der Waals surface area (Å²) in [5.74, 6) is 0.980. The van der Waals surface area contributed by atoms with Crippen LogP contribution in [0.5, 0.6) is 5.75 Å². The summed E-state index contributed by atoms with van der Waals surface area (Å²) in [5.41, 5.74) is 1.33. The molecule has 0 radical (unpaired) electrons. The predicted octanol–water partition coefficient (Wildman–Crippen LogP) is 3.23. The molecule has 2 N–H and O–H groups in total. The molecule has 1 atom stereocenters. The van der Waals surface area contributed by atoms with Crippen molar-refractivity contribution < 1.29 is 9.84 Å². The number of hydrogen-bond acceptors (Lipinski definition) is 4. The summed E-state index contributed by atoms with van der Waals surface area (Å²) < 4.78 is 5.99. The molecule has 0 aliphatic carbocycles. The van der Waals surface area contributed by atoms with Crippen LogP contribution in [0.1, 0.15) is 51.5 Å². The maximum atomic E-state index is 8.84. The van der Waals surface area contributed by atoms with Crippen molar-refractivity contribution in [3.8, 4) is 5.75 Å². The van der Waals surface area contributed by atoms with Crippen LogP contribution in [0.3, 0.4) is 0 Å². The number of hydrogen-bond donors (Lipinski definition) is 2. The average molecular weight is 349 g/mol. The maximum Gasteiger partial charge on any atom is 0.119 e. The minimum absolute atomic E-state index is 0.299. The molecular formula is C21H36N2O2. The Bertz CT molecular complexity index is 479. The third kappa shape index (κ3) is 8.21. The van der Waals surface area contributed by atoms with Crippen LogP contribution in [0.15, 0.2) is 24.3 Å². The van der Waals surface area contributed by atoms with Gasteiger partial charge in [0.25, 0.3) is 0 Å². The van der Waals surface area contributed by atoms with Crippen molar-refractivity contribution in [1.82, 2.24) is 10.2 Å². The highest BCUT2D eigenvalue weighted by atomic mass is 16.5. The number of ether oxygens (including phenoxy) is 1. The number of benzene rings is 1. The third-order valence-corrected chi connectivity index (χ3v) is 4.77. The van der Waals surface area contributed by atoms with Gasteiger partial charge in [0.15, 0.2) is 0 Å². The number of aliphatic hydroxyl groups is 1. The maximum absolute atomic E-state index is 8.84. The molecule has 1 fully saturated rings. The summed E-state index contributed by atoms with van der Waals surface area (Å²) in [5, 5.41) is 12.5. The number of nitrogens with one attached hydrogen (secondary N) is 1. The number of rotatable bonds is 11. The molecule has 0 amide bonds. The normalized spacial score (nSPS) is 18.6. The van der Waals surface area contributed by atoms with Gasteiger partial charge in [0.2, 0.25) is 0 Å². The van der Waals surface area contributed by atoms with Gasteiger partial charge in [-0.05, 0) is 56.3 Å². The zero-order chi connectivity index (χ0) is 17.9. The molecule has 1 aliphatic rings. The van der Waals surface area contributed by atoms with Gasteiger partial charge in [0, 0.05) is 31.8 Å². The Kier molecular flexibility index (Phi) is 9.30. The lowest BCUT2D eigenvalue weighted by Crippen LogP contribution is -2.48. The lowest BCUT2D eigenvalue weighted by Gasteiger charge is -2.34. The molecule has 0 saturated carbocycles. The summed E-state index contributed by atoms with van der Waals surface area (Å²) in [4.78, 5) is 2.52. The van der Waals surface area contributed by atoms with Crippen LogP contribution in [-0.4, -0.2) is 54.9 Å². The summed E-state index contributed by atoms with van der Waals surface area (Å²) in [6.07, 6.45) is 6.73. The number of likely N-dealkylation sites (tertiary alicyclic amines) is 1. The van der Waals surface area contributed by atoms with E-state index in [-0.39, 0.29) is 0 Å². The van der Waals surface area contributed by atoms with E-state index in [9.17, 15) is 0 Å². The number of aryl methyl sites for hydroxylation is 1. The van der Waals surface area contributed by atoms with E-state index in [2.05, 4.69) is 48.3 Å². The fourth-order valence-corrected chi connectivity index (χ4v) is 3.57. The second-order valence-corrected chi connectivity index (χ2v) is 7.49. The first-order chi connectivity index (χ1) is 12.2. The van der Waals surface area contributed by atoms with Crippen LogP contribution in [0.25, 0.3) is 0 Å². The first-order valence-electron chi connectivity index (χ1n) is 9.98. The Labute approximate surface area is 153 Å². The Morgan fingerprint density at radius 3 is 2.96 bits per heavy atom. The van der Waals surface area contributed by atoms with Gasteiger partial charge in [-0.3, -0.25) is 4.90 Å². The van der Waals surface area contributed by atoms with Gasteiger partial charge < -0.3 is 15.2 Å². The van der Waals surface area contributed by atoms with Gasteiger partial charge in [0.1, 0.15) is 12.4 Å². The zero-order valence-corrected chi connectivity index (χ0v) is 16.0. The third-order valence-electron chi connectivity index (χ3n) is 4.77. The number of unbranched alkanes of at least 4 members (excludes halogenated alkanes) is 2. The fourth-order valence-electron chi connectivity index (χ4n) is 3.57. The quantitative estimate of drug-likeness (QED) is 0.603. The highest BCUT2D eigenvalue weighted by Crippen LogP contribution is 2.16. The van der Waals surface area contributed by atoms with E-state index < -0.39 is 0 Å². The molecule has 1 unspecified atom stereocenters. The molecule has 1 saturated heterocycles. The van der Waals surface area contributed by atoms with E-state index in [1.165, 1.54) is 24.9 Å². The Balaban J connectivity index is 1.68. The summed E-state index contributed by atoms with van der Waals surface area (Å²) >= 11 is 0. The molecule has 0 bridgehead atoms. The van der Waals surface area contributed by atoms with Crippen LogP contribution in [-0.2, 0) is 6.42 Å². The van der Waals surface area contributed by atoms with Gasteiger partial charge >= 0.3 is 0 Å². The van der Waals surface area contributed by atoms with Crippen LogP contribution < -0.4 is 10.1 Å². The monoisotopic (exact) mass is 348 g/mol. The van der Waals surface area contributed by atoms with E-state index in [0.29, 0.717) is 18.7 Å². The van der Waals surface area contributed by atoms with Gasteiger partial charge in [0.05, 0.1) is 0 Å². The second kappa shape index (κ2) is 11.5. The average Bonchev–Trinajstić information content (AvgIpc) is 2.59. The summed E-state index contributed by atoms with van der Waals surface area (Å²) in [6, 6.07) is 9.64. The van der Waals surface area contributed by atoms with Crippen molar-refractivity contribution in [1.29, 1.82) is 0 Å². The molecule has 142 valence electrons. The lowest BCUT2D eigenvalue weighted by atomic mass is 10.1. The van der Waals surface area contributed by atoms with Crippen LogP contribution >= 0.6 is 0 Å². The van der Waals surface area contributed by atoms with Crippen molar-refractivity contribution in [2.24, 2.45) is 0 Å².